The van der Waals surface area contributed by atoms with E-state index >= 15 is 0 Å². The minimum atomic E-state index is 0.512. The van der Waals surface area contributed by atoms with E-state index in [9.17, 15) is 0 Å². The van der Waals surface area contributed by atoms with Crippen LogP contribution < -0.4 is 20.7 Å². The highest BCUT2D eigenvalue weighted by molar-refractivity contribution is 5.59. The van der Waals surface area contributed by atoms with Gasteiger partial charge in [-0.05, 0) is 69.0 Å². The highest BCUT2D eigenvalue weighted by atomic mass is 16.5. The smallest absolute Gasteiger partial charge is 0.229 e. The van der Waals surface area contributed by atoms with Crippen LogP contribution in [0.15, 0.2) is 24.3 Å². The van der Waals surface area contributed by atoms with Gasteiger partial charge in [0, 0.05) is 24.5 Å². The van der Waals surface area contributed by atoms with Crippen molar-refractivity contribution < 1.29 is 4.74 Å². The van der Waals surface area contributed by atoms with Gasteiger partial charge in [0.15, 0.2) is 0 Å². The first-order chi connectivity index (χ1) is 12.2. The lowest BCUT2D eigenvalue weighted by Gasteiger charge is -2.19. The lowest BCUT2D eigenvalue weighted by molar-refractivity contribution is 0.403. The Bertz CT molecular complexity index is 711. The summed E-state index contributed by atoms with van der Waals surface area (Å²) in [5.41, 5.74) is 3.17. The number of aryl methyl sites for hydroxylation is 1. The zero-order valence-electron chi connectivity index (χ0n) is 15.2. The molecule has 1 aliphatic rings. The van der Waals surface area contributed by atoms with E-state index in [4.69, 9.17) is 4.74 Å². The second-order valence-corrected chi connectivity index (χ2v) is 6.43. The third kappa shape index (κ3) is 4.39. The lowest BCUT2D eigenvalue weighted by atomic mass is 9.91. The van der Waals surface area contributed by atoms with Gasteiger partial charge >= 0.3 is 0 Å². The average molecular weight is 341 g/mol. The van der Waals surface area contributed by atoms with E-state index in [0.29, 0.717) is 11.9 Å². The molecule has 134 valence electrons. The number of hydrogen-bond donors (Lipinski definition) is 3. The van der Waals surface area contributed by atoms with Crippen LogP contribution >= 0.6 is 0 Å². The second-order valence-electron chi connectivity index (χ2n) is 6.43. The molecule has 1 saturated heterocycles. The maximum Gasteiger partial charge on any atom is 0.229 e. The van der Waals surface area contributed by atoms with Crippen molar-refractivity contribution in [3.8, 4) is 5.75 Å². The molecule has 1 aromatic heterocycles. The van der Waals surface area contributed by atoms with Crippen LogP contribution in [-0.2, 0) is 0 Å². The van der Waals surface area contributed by atoms with Crippen molar-refractivity contribution in [3.05, 3.63) is 35.5 Å². The Morgan fingerprint density at radius 1 is 1.16 bits per heavy atom. The van der Waals surface area contributed by atoms with Gasteiger partial charge in [0.2, 0.25) is 5.95 Å². The van der Waals surface area contributed by atoms with Gasteiger partial charge in [-0.2, -0.15) is 4.98 Å². The monoisotopic (exact) mass is 341 g/mol. The Morgan fingerprint density at radius 3 is 2.84 bits per heavy atom. The zero-order chi connectivity index (χ0) is 17.6. The fourth-order valence-electron chi connectivity index (χ4n) is 3.34. The number of ether oxygens (including phenoxy) is 1. The van der Waals surface area contributed by atoms with E-state index in [0.717, 1.165) is 42.5 Å². The number of rotatable bonds is 5. The molecular weight excluding hydrogens is 314 g/mol. The molecule has 0 radical (unpaired) electrons. The quantitative estimate of drug-likeness (QED) is 0.774. The number of hydrogen-bond acceptors (Lipinski definition) is 6. The van der Waals surface area contributed by atoms with Crippen LogP contribution in [0.4, 0.5) is 17.5 Å². The van der Waals surface area contributed by atoms with Crippen LogP contribution in [0.3, 0.4) is 0 Å². The van der Waals surface area contributed by atoms with Crippen molar-refractivity contribution in [2.45, 2.75) is 32.1 Å². The van der Waals surface area contributed by atoms with Gasteiger partial charge in [0.25, 0.3) is 0 Å². The average Bonchev–Trinajstić information content (AvgIpc) is 2.90. The summed E-state index contributed by atoms with van der Waals surface area (Å²) in [6.07, 6.45) is 3.50. The molecule has 1 fully saturated rings. The number of aromatic nitrogens is 2. The van der Waals surface area contributed by atoms with Gasteiger partial charge in [0.1, 0.15) is 11.6 Å². The molecule has 2 heterocycles. The standard InChI is InChI=1S/C19H27N5O/c1-13-11-18(20-2)24-19(22-13)23-15-6-7-17(25-3)16(12-15)14-5-4-9-21-10-8-14/h6-7,11-12,14,21H,4-5,8-10H2,1-3H3,(H2,20,22,23,24). The number of nitrogens with zero attached hydrogens (tertiary/aromatic N) is 2. The summed E-state index contributed by atoms with van der Waals surface area (Å²) < 4.78 is 5.61. The highest BCUT2D eigenvalue weighted by Gasteiger charge is 2.18. The van der Waals surface area contributed by atoms with Crippen molar-refractivity contribution in [1.29, 1.82) is 0 Å². The summed E-state index contributed by atoms with van der Waals surface area (Å²) in [7, 11) is 3.60. The number of methoxy groups -OCH3 is 1. The zero-order valence-corrected chi connectivity index (χ0v) is 15.2. The minimum Gasteiger partial charge on any atom is -0.496 e. The van der Waals surface area contributed by atoms with Crippen molar-refractivity contribution >= 4 is 17.5 Å². The third-order valence-corrected chi connectivity index (χ3v) is 4.61. The van der Waals surface area contributed by atoms with Crippen molar-refractivity contribution in [2.24, 2.45) is 0 Å². The van der Waals surface area contributed by atoms with Gasteiger partial charge in [-0.25, -0.2) is 4.98 Å². The van der Waals surface area contributed by atoms with Crippen LogP contribution in [0.2, 0.25) is 0 Å². The first-order valence-corrected chi connectivity index (χ1v) is 8.88. The number of anilines is 3. The van der Waals surface area contributed by atoms with Crippen LogP contribution in [0.5, 0.6) is 5.75 Å². The van der Waals surface area contributed by atoms with Gasteiger partial charge in [-0.15, -0.1) is 0 Å². The number of benzene rings is 1. The van der Waals surface area contributed by atoms with Gasteiger partial charge in [-0.3, -0.25) is 0 Å². The van der Waals surface area contributed by atoms with Crippen LogP contribution in [0.25, 0.3) is 0 Å². The SMILES string of the molecule is CNc1cc(C)nc(Nc2ccc(OC)c(C3CCCNCC3)c2)n1. The molecule has 1 unspecified atom stereocenters. The molecule has 0 spiro atoms. The maximum absolute atomic E-state index is 5.61. The van der Waals surface area contributed by atoms with E-state index in [1.54, 1.807) is 7.11 Å². The summed E-state index contributed by atoms with van der Waals surface area (Å²) in [6, 6.07) is 8.15. The first kappa shape index (κ1) is 17.5. The molecule has 0 bridgehead atoms. The van der Waals surface area contributed by atoms with E-state index < -0.39 is 0 Å². The van der Waals surface area contributed by atoms with Crippen LogP contribution in [-0.4, -0.2) is 37.2 Å². The van der Waals surface area contributed by atoms with Crippen molar-refractivity contribution in [1.82, 2.24) is 15.3 Å². The molecule has 2 aromatic rings. The first-order valence-electron chi connectivity index (χ1n) is 8.88. The maximum atomic E-state index is 5.61. The van der Waals surface area contributed by atoms with Crippen molar-refractivity contribution in [3.63, 3.8) is 0 Å². The van der Waals surface area contributed by atoms with Crippen molar-refractivity contribution in [2.75, 3.05) is 37.9 Å². The molecular formula is C19H27N5O. The Hall–Kier alpha value is -2.34. The molecule has 0 amide bonds. The highest BCUT2D eigenvalue weighted by Crippen LogP contribution is 2.35. The predicted octanol–water partition coefficient (Wildman–Crippen LogP) is 3.44. The lowest BCUT2D eigenvalue weighted by Crippen LogP contribution is -2.14. The molecule has 6 nitrogen and oxygen atoms in total. The summed E-state index contributed by atoms with van der Waals surface area (Å²) in [5.74, 6) is 2.87. The summed E-state index contributed by atoms with van der Waals surface area (Å²) in [5, 5.41) is 9.87. The second kappa shape index (κ2) is 8.16. The molecule has 3 rings (SSSR count). The summed E-state index contributed by atoms with van der Waals surface area (Å²) >= 11 is 0. The normalized spacial score (nSPS) is 17.6. The number of nitrogens with one attached hydrogen (secondary N) is 3. The largest absolute Gasteiger partial charge is 0.496 e. The minimum absolute atomic E-state index is 0.512. The molecule has 6 heteroatoms. The molecule has 25 heavy (non-hydrogen) atoms. The van der Waals surface area contributed by atoms with Crippen LogP contribution in [0, 0.1) is 6.92 Å². The van der Waals surface area contributed by atoms with Gasteiger partial charge < -0.3 is 20.7 Å². The summed E-state index contributed by atoms with van der Waals surface area (Å²) in [4.78, 5) is 8.95. The Morgan fingerprint density at radius 2 is 2.04 bits per heavy atom. The summed E-state index contributed by atoms with van der Waals surface area (Å²) in [6.45, 7) is 4.12. The van der Waals surface area contributed by atoms with E-state index in [1.165, 1.54) is 18.4 Å². The van der Waals surface area contributed by atoms with Crippen LogP contribution in [0.1, 0.15) is 36.4 Å². The topological polar surface area (TPSA) is 71.1 Å². The fraction of sp³-hybridized carbons (Fsp3) is 0.474. The molecule has 1 aliphatic heterocycles. The van der Waals surface area contributed by atoms with E-state index in [-0.39, 0.29) is 0 Å². The Kier molecular flexibility index (Phi) is 5.71. The van der Waals surface area contributed by atoms with E-state index in [1.807, 2.05) is 32.2 Å². The molecule has 1 atom stereocenters. The molecule has 3 N–H and O–H groups in total. The third-order valence-electron chi connectivity index (χ3n) is 4.61. The molecule has 0 saturated carbocycles. The molecule has 0 aliphatic carbocycles. The molecule has 1 aromatic carbocycles. The van der Waals surface area contributed by atoms with Gasteiger partial charge in [-0.1, -0.05) is 0 Å². The van der Waals surface area contributed by atoms with Gasteiger partial charge in [0.05, 0.1) is 7.11 Å². The Balaban J connectivity index is 1.87. The van der Waals surface area contributed by atoms with E-state index in [2.05, 4.69) is 32.0 Å². The predicted molar refractivity (Wildman–Crippen MR) is 102 cm³/mol. The fourth-order valence-corrected chi connectivity index (χ4v) is 3.34. The Labute approximate surface area is 149 Å².